The van der Waals surface area contributed by atoms with Crippen molar-refractivity contribution in [2.75, 3.05) is 20.2 Å². The molecule has 5 nitrogen and oxygen atoms in total. The summed E-state index contributed by atoms with van der Waals surface area (Å²) in [5.41, 5.74) is 0. The highest BCUT2D eigenvalue weighted by molar-refractivity contribution is 5.81. The second kappa shape index (κ2) is 9.05. The van der Waals surface area contributed by atoms with E-state index >= 15 is 0 Å². The third-order valence-corrected chi connectivity index (χ3v) is 1.59. The highest BCUT2D eigenvalue weighted by atomic mass is 16.5. The maximum Gasteiger partial charge on any atom is 0.407 e. The van der Waals surface area contributed by atoms with Crippen LogP contribution in [0.2, 0.25) is 0 Å². The summed E-state index contributed by atoms with van der Waals surface area (Å²) in [5, 5.41) is 4.71. The van der Waals surface area contributed by atoms with Gasteiger partial charge in [-0.1, -0.05) is 19.1 Å². The normalized spacial score (nSPS) is 10.0. The molecule has 0 bridgehead atoms. The van der Waals surface area contributed by atoms with E-state index in [-0.39, 0.29) is 12.5 Å². The molecule has 15 heavy (non-hydrogen) atoms. The maximum absolute atomic E-state index is 11.0. The smallest absolute Gasteiger partial charge is 0.407 e. The van der Waals surface area contributed by atoms with Crippen LogP contribution in [-0.2, 0) is 9.53 Å². The largest absolute Gasteiger partial charge is 0.449 e. The molecule has 0 atom stereocenters. The van der Waals surface area contributed by atoms with Gasteiger partial charge in [0.05, 0.1) is 13.2 Å². The van der Waals surface area contributed by atoms with Crippen molar-refractivity contribution < 1.29 is 14.3 Å². The lowest BCUT2D eigenvalue weighted by atomic mass is 10.3. The Balaban J connectivity index is 3.41. The minimum atomic E-state index is -0.566. The molecule has 0 aromatic heterocycles. The highest BCUT2D eigenvalue weighted by Crippen LogP contribution is 1.88. The zero-order valence-corrected chi connectivity index (χ0v) is 9.21. The number of hydrogen-bond acceptors (Lipinski definition) is 3. The van der Waals surface area contributed by atoms with E-state index in [1.54, 1.807) is 0 Å². The van der Waals surface area contributed by atoms with Crippen LogP contribution in [0.5, 0.6) is 0 Å². The Morgan fingerprint density at radius 2 is 2.07 bits per heavy atom. The number of alkyl carbamates (subject to hydrolysis) is 1. The monoisotopic (exact) mass is 214 g/mol. The number of likely N-dealkylation sites (N-methyl/N-ethyl adjacent to an activating group) is 1. The van der Waals surface area contributed by atoms with Crippen molar-refractivity contribution in [1.29, 1.82) is 0 Å². The van der Waals surface area contributed by atoms with E-state index in [0.717, 1.165) is 6.42 Å². The van der Waals surface area contributed by atoms with Crippen LogP contribution in [0.4, 0.5) is 4.79 Å². The predicted molar refractivity (Wildman–Crippen MR) is 57.5 cm³/mol. The van der Waals surface area contributed by atoms with Crippen LogP contribution in [0, 0.1) is 0 Å². The van der Waals surface area contributed by atoms with Gasteiger partial charge in [0.15, 0.2) is 0 Å². The molecule has 2 N–H and O–H groups in total. The predicted octanol–water partition coefficient (Wildman–Crippen LogP) is 0.815. The van der Waals surface area contributed by atoms with Gasteiger partial charge in [0, 0.05) is 7.05 Å². The average Bonchev–Trinajstić information content (AvgIpc) is 2.25. The van der Waals surface area contributed by atoms with Crippen LogP contribution in [-0.4, -0.2) is 32.2 Å². The quantitative estimate of drug-likeness (QED) is 0.508. The molecule has 0 saturated carbocycles. The van der Waals surface area contributed by atoms with Gasteiger partial charge in [0.25, 0.3) is 0 Å². The van der Waals surface area contributed by atoms with E-state index in [1.807, 2.05) is 19.1 Å². The van der Waals surface area contributed by atoms with E-state index in [1.165, 1.54) is 7.05 Å². The lowest BCUT2D eigenvalue weighted by molar-refractivity contribution is -0.119. The Bertz CT molecular complexity index is 227. The zero-order chi connectivity index (χ0) is 11.5. The molecule has 0 heterocycles. The van der Waals surface area contributed by atoms with Crippen molar-refractivity contribution in [3.8, 4) is 0 Å². The first-order valence-corrected chi connectivity index (χ1v) is 4.97. The van der Waals surface area contributed by atoms with Crippen molar-refractivity contribution in [2.45, 2.75) is 19.8 Å². The number of carbonyl (C=O) groups is 2. The third kappa shape index (κ3) is 8.80. The summed E-state index contributed by atoms with van der Waals surface area (Å²) in [6.07, 6.45) is 5.06. The van der Waals surface area contributed by atoms with Gasteiger partial charge in [0.2, 0.25) is 5.91 Å². The third-order valence-electron chi connectivity index (χ3n) is 1.59. The van der Waals surface area contributed by atoms with Gasteiger partial charge in [-0.2, -0.15) is 0 Å². The molecule has 0 aliphatic rings. The maximum atomic E-state index is 11.0. The molecular weight excluding hydrogens is 196 g/mol. The van der Waals surface area contributed by atoms with Crippen LogP contribution in [0.1, 0.15) is 19.8 Å². The number of allylic oxidation sites excluding steroid dienone is 1. The van der Waals surface area contributed by atoms with Gasteiger partial charge in [-0.15, -0.1) is 0 Å². The van der Waals surface area contributed by atoms with Gasteiger partial charge in [-0.05, 0) is 12.8 Å². The van der Waals surface area contributed by atoms with Crippen LogP contribution < -0.4 is 10.6 Å². The van der Waals surface area contributed by atoms with Crippen molar-refractivity contribution in [3.05, 3.63) is 12.2 Å². The summed E-state index contributed by atoms with van der Waals surface area (Å²) < 4.78 is 4.80. The first-order chi connectivity index (χ1) is 7.20. The summed E-state index contributed by atoms with van der Waals surface area (Å²) in [6, 6.07) is 0. The minimum absolute atomic E-state index is 0.0554. The average molecular weight is 214 g/mol. The van der Waals surface area contributed by atoms with Gasteiger partial charge in [-0.25, -0.2) is 4.79 Å². The fourth-order valence-electron chi connectivity index (χ4n) is 0.796. The Kier molecular flexibility index (Phi) is 8.13. The second-order valence-electron chi connectivity index (χ2n) is 2.83. The number of hydrogen-bond donors (Lipinski definition) is 2. The van der Waals surface area contributed by atoms with Gasteiger partial charge >= 0.3 is 6.09 Å². The molecule has 5 heteroatoms. The van der Waals surface area contributed by atoms with Gasteiger partial charge in [0.1, 0.15) is 0 Å². The highest BCUT2D eigenvalue weighted by Gasteiger charge is 2.03. The topological polar surface area (TPSA) is 67.4 Å². The lowest BCUT2D eigenvalue weighted by Gasteiger charge is -2.04. The van der Waals surface area contributed by atoms with E-state index in [0.29, 0.717) is 13.0 Å². The molecule has 0 radical (unpaired) electrons. The molecule has 0 saturated heterocycles. The zero-order valence-electron chi connectivity index (χ0n) is 9.21. The molecule has 0 aliphatic carbocycles. The van der Waals surface area contributed by atoms with Crippen molar-refractivity contribution in [2.24, 2.45) is 0 Å². The Morgan fingerprint density at radius 1 is 1.33 bits per heavy atom. The standard InChI is InChI=1S/C10H18N2O3/c1-3-4-5-6-7-15-10(14)12-8-9(13)11-2/h4-5H,3,6-8H2,1-2H3,(H,11,13)(H,12,14)/b5-4+. The van der Waals surface area contributed by atoms with Crippen molar-refractivity contribution in [1.82, 2.24) is 10.6 Å². The number of rotatable bonds is 6. The Labute approximate surface area is 89.9 Å². The molecule has 0 aromatic rings. The fraction of sp³-hybridized carbons (Fsp3) is 0.600. The van der Waals surface area contributed by atoms with E-state index in [4.69, 9.17) is 4.74 Å². The van der Waals surface area contributed by atoms with E-state index in [2.05, 4.69) is 10.6 Å². The molecule has 0 aliphatic heterocycles. The summed E-state index contributed by atoms with van der Waals surface area (Å²) in [7, 11) is 1.50. The van der Waals surface area contributed by atoms with E-state index in [9.17, 15) is 9.59 Å². The van der Waals surface area contributed by atoms with Crippen LogP contribution >= 0.6 is 0 Å². The van der Waals surface area contributed by atoms with Crippen LogP contribution in [0.15, 0.2) is 12.2 Å². The Hall–Kier alpha value is -1.52. The molecule has 0 fully saturated rings. The number of carbonyl (C=O) groups excluding carboxylic acids is 2. The summed E-state index contributed by atoms with van der Waals surface area (Å²) >= 11 is 0. The first kappa shape index (κ1) is 13.5. The summed E-state index contributed by atoms with van der Waals surface area (Å²) in [4.78, 5) is 21.7. The number of nitrogens with one attached hydrogen (secondary N) is 2. The number of ether oxygens (including phenoxy) is 1. The van der Waals surface area contributed by atoms with Crippen molar-refractivity contribution >= 4 is 12.0 Å². The SMILES string of the molecule is CC/C=C/CCOC(=O)NCC(=O)NC. The molecule has 0 rings (SSSR count). The molecule has 0 aromatic carbocycles. The first-order valence-electron chi connectivity index (χ1n) is 4.97. The van der Waals surface area contributed by atoms with E-state index < -0.39 is 6.09 Å². The van der Waals surface area contributed by atoms with Gasteiger partial charge < -0.3 is 15.4 Å². The lowest BCUT2D eigenvalue weighted by Crippen LogP contribution is -2.35. The summed E-state index contributed by atoms with van der Waals surface area (Å²) in [6.45, 7) is 2.31. The fourth-order valence-corrected chi connectivity index (χ4v) is 0.796. The van der Waals surface area contributed by atoms with Crippen LogP contribution in [0.25, 0.3) is 0 Å². The number of amides is 2. The molecule has 0 spiro atoms. The molecule has 86 valence electrons. The second-order valence-corrected chi connectivity index (χ2v) is 2.83. The Morgan fingerprint density at radius 3 is 2.67 bits per heavy atom. The summed E-state index contributed by atoms with van der Waals surface area (Å²) in [5.74, 6) is -0.252. The molecule has 0 unspecified atom stereocenters. The molecular formula is C10H18N2O3. The van der Waals surface area contributed by atoms with Crippen molar-refractivity contribution in [3.63, 3.8) is 0 Å². The molecule has 2 amide bonds. The van der Waals surface area contributed by atoms with Gasteiger partial charge in [-0.3, -0.25) is 4.79 Å². The van der Waals surface area contributed by atoms with Crippen LogP contribution in [0.3, 0.4) is 0 Å². The minimum Gasteiger partial charge on any atom is -0.449 e.